The maximum atomic E-state index is 12.1. The lowest BCUT2D eigenvalue weighted by Crippen LogP contribution is -2.46. The zero-order valence-electron chi connectivity index (χ0n) is 12.1. The zero-order valence-corrected chi connectivity index (χ0v) is 12.1. The number of morpholine rings is 1. The summed E-state index contributed by atoms with van der Waals surface area (Å²) in [6.45, 7) is 6.23. The van der Waals surface area contributed by atoms with Gasteiger partial charge in [-0.15, -0.1) is 0 Å². The largest absolute Gasteiger partial charge is 0.388 e. The molecule has 1 fully saturated rings. The van der Waals surface area contributed by atoms with Crippen LogP contribution >= 0.6 is 0 Å². The number of hydrogen-bond acceptors (Lipinski definition) is 5. The number of anilines is 1. The first-order valence-corrected chi connectivity index (χ1v) is 6.94. The van der Waals surface area contributed by atoms with Crippen LogP contribution in [-0.4, -0.2) is 61.7 Å². The molecule has 1 aliphatic heterocycles. The van der Waals surface area contributed by atoms with E-state index in [1.807, 2.05) is 20.0 Å². The normalized spacial score (nSPS) is 17.5. The number of pyridine rings is 1. The van der Waals surface area contributed by atoms with E-state index in [9.17, 15) is 4.79 Å². The number of carbonyl (C=O) groups excluding carboxylic acids is 1. The number of rotatable bonds is 5. The molecule has 1 atom stereocenters. The van der Waals surface area contributed by atoms with Gasteiger partial charge in [0, 0.05) is 44.6 Å². The van der Waals surface area contributed by atoms with Crippen molar-refractivity contribution in [3.8, 4) is 0 Å². The standard InChI is InChI=1S/C14H22N4O2/c1-11(10-18-5-7-20-8-6-18)17-14(19)13-9-12(15-2)3-4-16-13/h3-4,9,11H,5-8,10H2,1-2H3,(H,15,16)(H,17,19). The lowest BCUT2D eigenvalue weighted by molar-refractivity contribution is 0.0342. The van der Waals surface area contributed by atoms with Gasteiger partial charge in [-0.05, 0) is 19.1 Å². The number of ether oxygens (including phenoxy) is 1. The summed E-state index contributed by atoms with van der Waals surface area (Å²) in [5, 5.41) is 5.98. The van der Waals surface area contributed by atoms with E-state index in [0.717, 1.165) is 38.5 Å². The van der Waals surface area contributed by atoms with Gasteiger partial charge in [0.05, 0.1) is 13.2 Å². The summed E-state index contributed by atoms with van der Waals surface area (Å²) < 4.78 is 5.31. The molecule has 1 aromatic heterocycles. The van der Waals surface area contributed by atoms with Crippen molar-refractivity contribution >= 4 is 11.6 Å². The molecule has 0 saturated carbocycles. The van der Waals surface area contributed by atoms with Crippen LogP contribution in [0, 0.1) is 0 Å². The first kappa shape index (κ1) is 14.7. The van der Waals surface area contributed by atoms with Crippen LogP contribution in [0.15, 0.2) is 18.3 Å². The van der Waals surface area contributed by atoms with Crippen molar-refractivity contribution in [3.63, 3.8) is 0 Å². The van der Waals surface area contributed by atoms with Gasteiger partial charge in [0.2, 0.25) is 0 Å². The first-order valence-electron chi connectivity index (χ1n) is 6.94. The summed E-state index contributed by atoms with van der Waals surface area (Å²) >= 11 is 0. The van der Waals surface area contributed by atoms with Crippen molar-refractivity contribution < 1.29 is 9.53 Å². The van der Waals surface area contributed by atoms with Gasteiger partial charge in [0.15, 0.2) is 0 Å². The average Bonchev–Trinajstić information content (AvgIpc) is 2.48. The van der Waals surface area contributed by atoms with Gasteiger partial charge in [-0.1, -0.05) is 0 Å². The van der Waals surface area contributed by atoms with Gasteiger partial charge in [0.25, 0.3) is 5.91 Å². The Bertz CT molecular complexity index is 447. The zero-order chi connectivity index (χ0) is 14.4. The molecular weight excluding hydrogens is 256 g/mol. The monoisotopic (exact) mass is 278 g/mol. The highest BCUT2D eigenvalue weighted by Crippen LogP contribution is 2.07. The lowest BCUT2D eigenvalue weighted by Gasteiger charge is -2.29. The van der Waals surface area contributed by atoms with E-state index in [1.165, 1.54) is 0 Å². The van der Waals surface area contributed by atoms with E-state index in [1.54, 1.807) is 12.3 Å². The minimum absolute atomic E-state index is 0.0839. The number of amides is 1. The fourth-order valence-corrected chi connectivity index (χ4v) is 2.22. The van der Waals surface area contributed by atoms with Crippen LogP contribution in [0.5, 0.6) is 0 Å². The molecular formula is C14H22N4O2. The molecule has 0 spiro atoms. The Kier molecular flexibility index (Phi) is 5.31. The molecule has 0 aromatic carbocycles. The third-order valence-corrected chi connectivity index (χ3v) is 3.29. The van der Waals surface area contributed by atoms with Crippen LogP contribution in [0.2, 0.25) is 0 Å². The van der Waals surface area contributed by atoms with Crippen LogP contribution in [0.25, 0.3) is 0 Å². The molecule has 20 heavy (non-hydrogen) atoms. The topological polar surface area (TPSA) is 66.5 Å². The molecule has 110 valence electrons. The number of carbonyl (C=O) groups is 1. The molecule has 1 unspecified atom stereocenters. The third-order valence-electron chi connectivity index (χ3n) is 3.29. The Morgan fingerprint density at radius 2 is 2.25 bits per heavy atom. The van der Waals surface area contributed by atoms with Crippen molar-refractivity contribution in [1.29, 1.82) is 0 Å². The lowest BCUT2D eigenvalue weighted by atomic mass is 10.2. The summed E-state index contributed by atoms with van der Waals surface area (Å²) in [5.41, 5.74) is 1.32. The van der Waals surface area contributed by atoms with Gasteiger partial charge in [0.1, 0.15) is 5.69 Å². The Morgan fingerprint density at radius 3 is 2.95 bits per heavy atom. The predicted molar refractivity (Wildman–Crippen MR) is 78.0 cm³/mol. The molecule has 2 N–H and O–H groups in total. The van der Waals surface area contributed by atoms with Crippen LogP contribution < -0.4 is 10.6 Å². The van der Waals surface area contributed by atoms with Crippen molar-refractivity contribution in [2.45, 2.75) is 13.0 Å². The van der Waals surface area contributed by atoms with Gasteiger partial charge >= 0.3 is 0 Å². The highest BCUT2D eigenvalue weighted by molar-refractivity contribution is 5.93. The second-order valence-electron chi connectivity index (χ2n) is 4.97. The minimum Gasteiger partial charge on any atom is -0.388 e. The molecule has 6 heteroatoms. The molecule has 0 radical (unpaired) electrons. The Balaban J connectivity index is 1.86. The molecule has 1 amide bonds. The first-order chi connectivity index (χ1) is 9.69. The van der Waals surface area contributed by atoms with Gasteiger partial charge in [-0.3, -0.25) is 14.7 Å². The van der Waals surface area contributed by atoms with Crippen molar-refractivity contribution in [2.24, 2.45) is 0 Å². The second-order valence-corrected chi connectivity index (χ2v) is 4.97. The van der Waals surface area contributed by atoms with Crippen LogP contribution in [0.1, 0.15) is 17.4 Å². The Hall–Kier alpha value is -1.66. The minimum atomic E-state index is -0.136. The SMILES string of the molecule is CNc1ccnc(C(=O)NC(C)CN2CCOCC2)c1. The maximum Gasteiger partial charge on any atom is 0.270 e. The molecule has 2 rings (SSSR count). The summed E-state index contributed by atoms with van der Waals surface area (Å²) in [6.07, 6.45) is 1.63. The second kappa shape index (κ2) is 7.21. The molecule has 1 saturated heterocycles. The number of nitrogens with one attached hydrogen (secondary N) is 2. The quantitative estimate of drug-likeness (QED) is 0.824. The van der Waals surface area contributed by atoms with E-state index in [-0.39, 0.29) is 11.9 Å². The molecule has 0 aliphatic carbocycles. The average molecular weight is 278 g/mol. The summed E-state index contributed by atoms with van der Waals surface area (Å²) in [5.74, 6) is -0.136. The van der Waals surface area contributed by atoms with Crippen molar-refractivity contribution in [3.05, 3.63) is 24.0 Å². The van der Waals surface area contributed by atoms with E-state index in [2.05, 4.69) is 20.5 Å². The maximum absolute atomic E-state index is 12.1. The van der Waals surface area contributed by atoms with E-state index in [0.29, 0.717) is 5.69 Å². The smallest absolute Gasteiger partial charge is 0.270 e. The molecule has 1 aromatic rings. The number of nitrogens with zero attached hydrogens (tertiary/aromatic N) is 2. The Labute approximate surface area is 119 Å². The number of hydrogen-bond donors (Lipinski definition) is 2. The van der Waals surface area contributed by atoms with Gasteiger partial charge in [-0.25, -0.2) is 0 Å². The third kappa shape index (κ3) is 4.18. The van der Waals surface area contributed by atoms with E-state index in [4.69, 9.17) is 4.74 Å². The molecule has 0 bridgehead atoms. The van der Waals surface area contributed by atoms with Crippen molar-refractivity contribution in [1.82, 2.24) is 15.2 Å². The fraction of sp³-hybridized carbons (Fsp3) is 0.571. The summed E-state index contributed by atoms with van der Waals surface area (Å²) in [6, 6.07) is 3.66. The molecule has 6 nitrogen and oxygen atoms in total. The number of aromatic nitrogens is 1. The van der Waals surface area contributed by atoms with E-state index >= 15 is 0 Å². The van der Waals surface area contributed by atoms with Crippen LogP contribution in [0.3, 0.4) is 0 Å². The fourth-order valence-electron chi connectivity index (χ4n) is 2.22. The van der Waals surface area contributed by atoms with Crippen LogP contribution in [0.4, 0.5) is 5.69 Å². The highest BCUT2D eigenvalue weighted by Gasteiger charge is 2.16. The highest BCUT2D eigenvalue weighted by atomic mass is 16.5. The summed E-state index contributed by atoms with van der Waals surface area (Å²) in [7, 11) is 1.82. The van der Waals surface area contributed by atoms with Crippen molar-refractivity contribution in [2.75, 3.05) is 45.2 Å². The van der Waals surface area contributed by atoms with Gasteiger partial charge < -0.3 is 15.4 Å². The Morgan fingerprint density at radius 1 is 1.50 bits per heavy atom. The van der Waals surface area contributed by atoms with Crippen LogP contribution in [-0.2, 0) is 4.74 Å². The van der Waals surface area contributed by atoms with E-state index < -0.39 is 0 Å². The molecule has 1 aliphatic rings. The van der Waals surface area contributed by atoms with Gasteiger partial charge in [-0.2, -0.15) is 0 Å². The molecule has 2 heterocycles. The summed E-state index contributed by atoms with van der Waals surface area (Å²) in [4.78, 5) is 18.5. The predicted octanol–water partition coefficient (Wildman–Crippen LogP) is 0.574.